The van der Waals surface area contributed by atoms with Crippen molar-refractivity contribution in [3.63, 3.8) is 0 Å². The minimum atomic E-state index is -0.427. The number of hydrogen-bond donors (Lipinski definition) is 3. The molecule has 2 aromatic rings. The molecule has 2 amide bonds. The molecule has 0 radical (unpaired) electrons. The molecule has 0 saturated carbocycles. The molecule has 1 fully saturated rings. The maximum Gasteiger partial charge on any atom is 0.253 e. The van der Waals surface area contributed by atoms with Gasteiger partial charge in [-0.15, -0.1) is 0 Å². The van der Waals surface area contributed by atoms with Crippen LogP contribution in [-0.4, -0.2) is 30.4 Å². The molecule has 3 atom stereocenters. The van der Waals surface area contributed by atoms with Crippen molar-refractivity contribution in [1.82, 2.24) is 16.0 Å². The first-order valence-electron chi connectivity index (χ1n) is 9.66. The summed E-state index contributed by atoms with van der Waals surface area (Å²) < 4.78 is 0. The van der Waals surface area contributed by atoms with Crippen molar-refractivity contribution in [1.29, 1.82) is 0 Å². The zero-order chi connectivity index (χ0) is 19.9. The highest BCUT2D eigenvalue weighted by atomic mass is 35.5. The monoisotopic (exact) mass is 399 g/mol. The fourth-order valence-corrected chi connectivity index (χ4v) is 3.78. The second-order valence-electron chi connectivity index (χ2n) is 7.26. The second kappa shape index (κ2) is 9.71. The second-order valence-corrected chi connectivity index (χ2v) is 7.67. The molecule has 0 aliphatic carbocycles. The van der Waals surface area contributed by atoms with E-state index in [-0.39, 0.29) is 24.3 Å². The zero-order valence-electron chi connectivity index (χ0n) is 16.0. The number of piperidine rings is 1. The fourth-order valence-electron chi connectivity index (χ4n) is 3.55. The van der Waals surface area contributed by atoms with Gasteiger partial charge in [-0.1, -0.05) is 54.1 Å². The molecule has 3 rings (SSSR count). The molecule has 3 N–H and O–H groups in total. The average Bonchev–Trinajstić information content (AvgIpc) is 2.68. The number of benzene rings is 2. The van der Waals surface area contributed by atoms with Crippen LogP contribution in [0.2, 0.25) is 5.02 Å². The molecule has 1 aliphatic heterocycles. The molecule has 1 saturated heterocycles. The van der Waals surface area contributed by atoms with E-state index in [0.717, 1.165) is 24.9 Å². The van der Waals surface area contributed by atoms with Gasteiger partial charge in [-0.05, 0) is 44.0 Å². The summed E-state index contributed by atoms with van der Waals surface area (Å²) in [5.74, 6) is -0.352. The van der Waals surface area contributed by atoms with Gasteiger partial charge in [-0.25, -0.2) is 0 Å². The van der Waals surface area contributed by atoms with Crippen molar-refractivity contribution in [3.8, 4) is 0 Å². The lowest BCUT2D eigenvalue weighted by Gasteiger charge is -2.29. The number of nitrogens with one attached hydrogen (secondary N) is 3. The number of rotatable bonds is 6. The van der Waals surface area contributed by atoms with Crippen LogP contribution in [0.5, 0.6) is 0 Å². The lowest BCUT2D eigenvalue weighted by atomic mass is 9.99. The molecule has 148 valence electrons. The fraction of sp³-hybridized carbons (Fsp3) is 0.364. The Hall–Kier alpha value is -2.37. The third kappa shape index (κ3) is 5.57. The smallest absolute Gasteiger partial charge is 0.253 e. The van der Waals surface area contributed by atoms with E-state index < -0.39 is 6.04 Å². The van der Waals surface area contributed by atoms with E-state index in [9.17, 15) is 9.59 Å². The summed E-state index contributed by atoms with van der Waals surface area (Å²) in [6.45, 7) is 3.02. The van der Waals surface area contributed by atoms with E-state index in [0.29, 0.717) is 16.6 Å². The van der Waals surface area contributed by atoms with Gasteiger partial charge in [0.05, 0.1) is 23.0 Å². The van der Waals surface area contributed by atoms with Crippen LogP contribution in [0.4, 0.5) is 0 Å². The lowest BCUT2D eigenvalue weighted by molar-refractivity contribution is -0.122. The van der Waals surface area contributed by atoms with Gasteiger partial charge in [-0.2, -0.15) is 0 Å². The maximum absolute atomic E-state index is 12.7. The molecule has 0 aromatic heterocycles. The van der Waals surface area contributed by atoms with Gasteiger partial charge in [0.2, 0.25) is 5.91 Å². The lowest BCUT2D eigenvalue weighted by Crippen LogP contribution is -2.47. The molecular formula is C22H26ClN3O2. The Morgan fingerprint density at radius 1 is 1.14 bits per heavy atom. The Morgan fingerprint density at radius 3 is 2.57 bits per heavy atom. The summed E-state index contributed by atoms with van der Waals surface area (Å²) >= 11 is 6.15. The van der Waals surface area contributed by atoms with Crippen LogP contribution >= 0.6 is 11.6 Å². The molecule has 3 unspecified atom stereocenters. The molecule has 5 nitrogen and oxygen atoms in total. The third-order valence-corrected chi connectivity index (χ3v) is 5.33. The van der Waals surface area contributed by atoms with E-state index in [2.05, 4.69) is 22.9 Å². The van der Waals surface area contributed by atoms with Crippen molar-refractivity contribution >= 4 is 23.4 Å². The number of amides is 2. The molecule has 28 heavy (non-hydrogen) atoms. The maximum atomic E-state index is 12.7. The third-order valence-electron chi connectivity index (χ3n) is 5.00. The van der Waals surface area contributed by atoms with Crippen LogP contribution in [0.3, 0.4) is 0 Å². The van der Waals surface area contributed by atoms with Crippen LogP contribution in [-0.2, 0) is 4.79 Å². The van der Waals surface area contributed by atoms with Crippen LogP contribution in [0, 0.1) is 0 Å². The van der Waals surface area contributed by atoms with Crippen LogP contribution in [0.15, 0.2) is 54.6 Å². The van der Waals surface area contributed by atoms with Crippen molar-refractivity contribution in [2.24, 2.45) is 0 Å². The first-order chi connectivity index (χ1) is 13.5. The molecule has 1 heterocycles. The normalized spacial score (nSPS) is 20.2. The standard InChI is InChI=1S/C22H26ClN3O2/c1-15-13-17(11-12-24-15)25-21(27)14-20(16-7-3-2-4-8-16)26-22(28)18-9-5-6-10-19(18)23/h2-10,15,17,20,24H,11-14H2,1H3,(H,25,27)(H,26,28). The minimum Gasteiger partial charge on any atom is -0.353 e. The van der Waals surface area contributed by atoms with Gasteiger partial charge in [-0.3, -0.25) is 9.59 Å². The number of carbonyl (C=O) groups is 2. The van der Waals surface area contributed by atoms with E-state index in [1.54, 1.807) is 24.3 Å². The van der Waals surface area contributed by atoms with E-state index in [4.69, 9.17) is 11.6 Å². The topological polar surface area (TPSA) is 70.2 Å². The van der Waals surface area contributed by atoms with Crippen LogP contribution in [0.1, 0.15) is 48.1 Å². The van der Waals surface area contributed by atoms with Crippen LogP contribution < -0.4 is 16.0 Å². The molecule has 0 spiro atoms. The van der Waals surface area contributed by atoms with Gasteiger partial charge in [0.1, 0.15) is 0 Å². The average molecular weight is 400 g/mol. The number of carbonyl (C=O) groups excluding carboxylic acids is 2. The van der Waals surface area contributed by atoms with Crippen molar-refractivity contribution in [2.75, 3.05) is 6.54 Å². The zero-order valence-corrected chi connectivity index (χ0v) is 16.7. The summed E-state index contributed by atoms with van der Waals surface area (Å²) in [5.41, 5.74) is 1.29. The summed E-state index contributed by atoms with van der Waals surface area (Å²) in [6, 6.07) is 16.6. The number of halogens is 1. The highest BCUT2D eigenvalue weighted by Crippen LogP contribution is 2.20. The van der Waals surface area contributed by atoms with Gasteiger partial charge in [0, 0.05) is 12.1 Å². The minimum absolute atomic E-state index is 0.0626. The van der Waals surface area contributed by atoms with Gasteiger partial charge >= 0.3 is 0 Å². The van der Waals surface area contributed by atoms with E-state index in [1.807, 2.05) is 30.3 Å². The SMILES string of the molecule is CC1CC(NC(=O)CC(NC(=O)c2ccccc2Cl)c2ccccc2)CCN1. The van der Waals surface area contributed by atoms with Crippen LogP contribution in [0.25, 0.3) is 0 Å². The molecule has 1 aliphatic rings. The van der Waals surface area contributed by atoms with Gasteiger partial charge < -0.3 is 16.0 Å². The Labute approximate surface area is 170 Å². The Kier molecular flexibility index (Phi) is 7.06. The predicted molar refractivity (Wildman–Crippen MR) is 111 cm³/mol. The first-order valence-corrected chi connectivity index (χ1v) is 10.0. The summed E-state index contributed by atoms with van der Waals surface area (Å²) in [5, 5.41) is 9.86. The largest absolute Gasteiger partial charge is 0.353 e. The Bertz CT molecular complexity index is 812. The van der Waals surface area contributed by atoms with Crippen molar-refractivity contribution in [3.05, 3.63) is 70.7 Å². The highest BCUT2D eigenvalue weighted by molar-refractivity contribution is 6.33. The molecule has 0 bridgehead atoms. The quantitative estimate of drug-likeness (QED) is 0.696. The van der Waals surface area contributed by atoms with E-state index in [1.165, 1.54) is 0 Å². The first kappa shape index (κ1) is 20.4. The number of hydrogen-bond acceptors (Lipinski definition) is 3. The van der Waals surface area contributed by atoms with Gasteiger partial charge in [0.15, 0.2) is 0 Å². The highest BCUT2D eigenvalue weighted by Gasteiger charge is 2.24. The Morgan fingerprint density at radius 2 is 1.86 bits per heavy atom. The predicted octanol–water partition coefficient (Wildman–Crippen LogP) is 3.46. The Balaban J connectivity index is 1.70. The summed E-state index contributed by atoms with van der Waals surface area (Å²) in [4.78, 5) is 25.4. The molecular weight excluding hydrogens is 374 g/mol. The molecule has 6 heteroatoms. The van der Waals surface area contributed by atoms with Crippen molar-refractivity contribution in [2.45, 2.75) is 44.3 Å². The molecule has 2 aromatic carbocycles. The van der Waals surface area contributed by atoms with E-state index >= 15 is 0 Å². The summed E-state index contributed by atoms with van der Waals surface area (Å²) in [6.07, 6.45) is 2.00. The van der Waals surface area contributed by atoms with Crippen molar-refractivity contribution < 1.29 is 9.59 Å². The van der Waals surface area contributed by atoms with Gasteiger partial charge in [0.25, 0.3) is 5.91 Å². The summed E-state index contributed by atoms with van der Waals surface area (Å²) in [7, 11) is 0.